The summed E-state index contributed by atoms with van der Waals surface area (Å²) in [5.41, 5.74) is 2.46. The number of carbonyl (C=O) groups excluding carboxylic acids is 2. The highest BCUT2D eigenvalue weighted by Gasteiger charge is 2.27. The van der Waals surface area contributed by atoms with Crippen LogP contribution in [0.2, 0.25) is 0 Å². The number of benzene rings is 1. The fourth-order valence-electron chi connectivity index (χ4n) is 3.22. The largest absolute Gasteiger partial charge is 0.381 e. The van der Waals surface area contributed by atoms with E-state index < -0.39 is 0 Å². The zero-order valence-corrected chi connectivity index (χ0v) is 13.2. The molecule has 1 fully saturated rings. The summed E-state index contributed by atoms with van der Waals surface area (Å²) in [4.78, 5) is 26.0. The Morgan fingerprint density at radius 1 is 1.39 bits per heavy atom. The maximum Gasteiger partial charge on any atom is 0.254 e. The van der Waals surface area contributed by atoms with Gasteiger partial charge in [-0.1, -0.05) is 6.58 Å². The first kappa shape index (κ1) is 15.7. The molecule has 5 nitrogen and oxygen atoms in total. The first-order chi connectivity index (χ1) is 11.2. The molecule has 1 N–H and O–H groups in total. The van der Waals surface area contributed by atoms with E-state index in [0.29, 0.717) is 11.6 Å². The van der Waals surface area contributed by atoms with Crippen molar-refractivity contribution in [3.05, 3.63) is 42.0 Å². The van der Waals surface area contributed by atoms with Gasteiger partial charge >= 0.3 is 0 Å². The van der Waals surface area contributed by atoms with Crippen molar-refractivity contribution in [2.45, 2.75) is 19.3 Å². The molecule has 0 aliphatic carbocycles. The van der Waals surface area contributed by atoms with Crippen LogP contribution < -0.4 is 5.32 Å². The number of hydrogen-bond donors (Lipinski definition) is 1. The number of ether oxygens (including phenoxy) is 1. The Morgan fingerprint density at radius 3 is 2.91 bits per heavy atom. The van der Waals surface area contributed by atoms with Gasteiger partial charge in [0.1, 0.15) is 0 Å². The van der Waals surface area contributed by atoms with Gasteiger partial charge in [0.25, 0.3) is 5.91 Å². The third-order valence-electron chi connectivity index (χ3n) is 4.55. The van der Waals surface area contributed by atoms with Crippen LogP contribution in [0.3, 0.4) is 0 Å². The molecule has 0 bridgehead atoms. The second kappa shape index (κ2) is 6.96. The Balaban J connectivity index is 1.69. The number of nitrogens with zero attached hydrogens (tertiary/aromatic N) is 1. The monoisotopic (exact) mass is 314 g/mol. The van der Waals surface area contributed by atoms with Gasteiger partial charge in [-0.15, -0.1) is 0 Å². The van der Waals surface area contributed by atoms with Crippen molar-refractivity contribution in [1.29, 1.82) is 0 Å². The molecule has 2 heterocycles. The quantitative estimate of drug-likeness (QED) is 0.867. The van der Waals surface area contributed by atoms with Gasteiger partial charge in [-0.25, -0.2) is 0 Å². The molecule has 122 valence electrons. The highest BCUT2D eigenvalue weighted by atomic mass is 16.5. The van der Waals surface area contributed by atoms with E-state index in [1.165, 1.54) is 6.08 Å². The van der Waals surface area contributed by atoms with Crippen LogP contribution in [0, 0.1) is 5.92 Å². The van der Waals surface area contributed by atoms with Gasteiger partial charge in [-0.3, -0.25) is 9.59 Å². The van der Waals surface area contributed by atoms with E-state index >= 15 is 0 Å². The fourth-order valence-corrected chi connectivity index (χ4v) is 3.22. The van der Waals surface area contributed by atoms with Crippen molar-refractivity contribution in [2.24, 2.45) is 5.92 Å². The van der Waals surface area contributed by atoms with Crippen molar-refractivity contribution in [3.63, 3.8) is 0 Å². The molecular weight excluding hydrogens is 292 g/mol. The predicted molar refractivity (Wildman–Crippen MR) is 88.4 cm³/mol. The number of rotatable bonds is 4. The second-order valence-corrected chi connectivity index (χ2v) is 6.12. The Bertz CT molecular complexity index is 621. The maximum atomic E-state index is 12.7. The molecule has 0 radical (unpaired) electrons. The van der Waals surface area contributed by atoms with Gasteiger partial charge in [0, 0.05) is 37.6 Å². The summed E-state index contributed by atoms with van der Waals surface area (Å²) >= 11 is 0. The smallest absolute Gasteiger partial charge is 0.254 e. The molecule has 2 aliphatic rings. The topological polar surface area (TPSA) is 58.6 Å². The van der Waals surface area contributed by atoms with Crippen LogP contribution in [0.25, 0.3) is 0 Å². The maximum absolute atomic E-state index is 12.7. The van der Waals surface area contributed by atoms with Gasteiger partial charge < -0.3 is 15.0 Å². The summed E-state index contributed by atoms with van der Waals surface area (Å²) in [7, 11) is 0. The SMILES string of the molecule is C=CC(=O)Nc1ccc2c(c1)CCN(CC1CCOCC1)C2=O. The third-order valence-corrected chi connectivity index (χ3v) is 4.55. The van der Waals surface area contributed by atoms with Crippen LogP contribution in [-0.2, 0) is 16.0 Å². The number of hydrogen-bond acceptors (Lipinski definition) is 3. The van der Waals surface area contributed by atoms with Gasteiger partial charge in [0.15, 0.2) is 0 Å². The first-order valence-electron chi connectivity index (χ1n) is 8.10. The van der Waals surface area contributed by atoms with Crippen molar-refractivity contribution in [3.8, 4) is 0 Å². The third kappa shape index (κ3) is 3.62. The minimum absolute atomic E-state index is 0.0966. The first-order valence-corrected chi connectivity index (χ1v) is 8.10. The van der Waals surface area contributed by atoms with Crippen LogP contribution in [0.4, 0.5) is 5.69 Å². The molecular formula is C18H22N2O3. The van der Waals surface area contributed by atoms with E-state index in [4.69, 9.17) is 4.74 Å². The van der Waals surface area contributed by atoms with E-state index in [2.05, 4.69) is 11.9 Å². The second-order valence-electron chi connectivity index (χ2n) is 6.12. The summed E-state index contributed by atoms with van der Waals surface area (Å²) in [6.45, 7) is 6.60. The molecule has 0 spiro atoms. The summed E-state index contributed by atoms with van der Waals surface area (Å²) in [6.07, 6.45) is 4.12. The molecule has 1 aromatic rings. The van der Waals surface area contributed by atoms with E-state index in [1.807, 2.05) is 17.0 Å². The number of amides is 2. The molecule has 23 heavy (non-hydrogen) atoms. The number of anilines is 1. The van der Waals surface area contributed by atoms with Gasteiger partial charge in [-0.05, 0) is 55.0 Å². The molecule has 3 rings (SSSR count). The predicted octanol–water partition coefficient (Wildman–Crippen LogP) is 2.24. The number of fused-ring (bicyclic) bond motifs is 1. The normalized spacial score (nSPS) is 18.4. The molecule has 1 aromatic carbocycles. The Labute approximate surface area is 136 Å². The highest BCUT2D eigenvalue weighted by molar-refractivity contribution is 6.00. The van der Waals surface area contributed by atoms with Crippen LogP contribution >= 0.6 is 0 Å². The summed E-state index contributed by atoms with van der Waals surface area (Å²) in [5.74, 6) is 0.396. The standard InChI is InChI=1S/C18H22N2O3/c1-2-17(21)19-15-3-4-16-14(11-15)5-8-20(18(16)22)12-13-6-9-23-10-7-13/h2-4,11,13H,1,5-10,12H2,(H,19,21). The molecule has 5 heteroatoms. The van der Waals surface area contributed by atoms with Crippen molar-refractivity contribution in [2.75, 3.05) is 31.6 Å². The van der Waals surface area contributed by atoms with E-state index in [9.17, 15) is 9.59 Å². The number of nitrogens with one attached hydrogen (secondary N) is 1. The molecule has 0 aromatic heterocycles. The summed E-state index contributed by atoms with van der Waals surface area (Å²) in [6, 6.07) is 5.48. The van der Waals surface area contributed by atoms with E-state index in [-0.39, 0.29) is 11.8 Å². The van der Waals surface area contributed by atoms with Crippen molar-refractivity contribution < 1.29 is 14.3 Å². The summed E-state index contributed by atoms with van der Waals surface area (Å²) < 4.78 is 5.38. The lowest BCUT2D eigenvalue weighted by molar-refractivity contribution is -0.111. The lowest BCUT2D eigenvalue weighted by atomic mass is 9.95. The van der Waals surface area contributed by atoms with Crippen LogP contribution in [-0.4, -0.2) is 43.0 Å². The highest BCUT2D eigenvalue weighted by Crippen LogP contribution is 2.25. The Hall–Kier alpha value is -2.14. The zero-order chi connectivity index (χ0) is 16.2. The average molecular weight is 314 g/mol. The van der Waals surface area contributed by atoms with Gasteiger partial charge in [0.05, 0.1) is 0 Å². The van der Waals surface area contributed by atoms with E-state index in [1.54, 1.807) is 6.07 Å². The van der Waals surface area contributed by atoms with Crippen LogP contribution in [0.1, 0.15) is 28.8 Å². The Kier molecular flexibility index (Phi) is 4.76. The lowest BCUT2D eigenvalue weighted by Crippen LogP contribution is -2.41. The number of carbonyl (C=O) groups is 2. The average Bonchev–Trinajstić information content (AvgIpc) is 2.58. The molecule has 2 aliphatic heterocycles. The zero-order valence-electron chi connectivity index (χ0n) is 13.2. The van der Waals surface area contributed by atoms with Crippen molar-refractivity contribution >= 4 is 17.5 Å². The minimum atomic E-state index is -0.242. The molecule has 0 saturated carbocycles. The fraction of sp³-hybridized carbons (Fsp3) is 0.444. The molecule has 1 saturated heterocycles. The van der Waals surface area contributed by atoms with Crippen molar-refractivity contribution in [1.82, 2.24) is 4.90 Å². The summed E-state index contributed by atoms with van der Waals surface area (Å²) in [5, 5.41) is 2.74. The molecule has 2 amide bonds. The minimum Gasteiger partial charge on any atom is -0.381 e. The van der Waals surface area contributed by atoms with Crippen LogP contribution in [0.5, 0.6) is 0 Å². The van der Waals surface area contributed by atoms with Gasteiger partial charge in [-0.2, -0.15) is 0 Å². The molecule has 0 unspecified atom stereocenters. The van der Waals surface area contributed by atoms with Gasteiger partial charge in [0.2, 0.25) is 5.91 Å². The van der Waals surface area contributed by atoms with Crippen LogP contribution in [0.15, 0.2) is 30.9 Å². The molecule has 0 atom stereocenters. The lowest BCUT2D eigenvalue weighted by Gasteiger charge is -2.33. The Morgan fingerprint density at radius 2 is 2.17 bits per heavy atom. The van der Waals surface area contributed by atoms with E-state index in [0.717, 1.165) is 56.7 Å².